The maximum Gasteiger partial charge on any atom is 0.273 e. The highest BCUT2D eigenvalue weighted by atomic mass is 32.2. The Morgan fingerprint density at radius 1 is 1.40 bits per heavy atom. The van der Waals surface area contributed by atoms with Gasteiger partial charge in [-0.3, -0.25) is 10.1 Å². The topological polar surface area (TPSA) is 89.7 Å². The molecule has 0 bridgehead atoms. The Morgan fingerprint density at radius 2 is 2.10 bits per heavy atom. The van der Waals surface area contributed by atoms with Gasteiger partial charge in [-0.1, -0.05) is 6.07 Å². The number of rotatable bonds is 5. The van der Waals surface area contributed by atoms with Crippen molar-refractivity contribution in [1.82, 2.24) is 0 Å². The molecular weight excluding hydrogens is 282 g/mol. The van der Waals surface area contributed by atoms with Gasteiger partial charge in [-0.15, -0.1) is 0 Å². The molecule has 1 fully saturated rings. The van der Waals surface area contributed by atoms with E-state index in [1.165, 1.54) is 12.1 Å². The second-order valence-corrected chi connectivity index (χ2v) is 5.86. The zero-order valence-corrected chi connectivity index (χ0v) is 11.8. The number of aryl methyl sites for hydroxylation is 1. The van der Waals surface area contributed by atoms with Gasteiger partial charge in [0, 0.05) is 24.8 Å². The first kappa shape index (κ1) is 15.1. The van der Waals surface area contributed by atoms with Gasteiger partial charge in [0.2, 0.25) is 0 Å². The van der Waals surface area contributed by atoms with Crippen molar-refractivity contribution >= 4 is 16.8 Å². The molecule has 0 saturated carbocycles. The summed E-state index contributed by atoms with van der Waals surface area (Å²) in [6, 6.07) is 4.25. The van der Waals surface area contributed by atoms with Crippen LogP contribution in [0.25, 0.3) is 0 Å². The van der Waals surface area contributed by atoms with E-state index in [9.17, 15) is 14.3 Å². The van der Waals surface area contributed by atoms with Gasteiger partial charge in [-0.25, -0.2) is 4.21 Å². The zero-order valence-electron chi connectivity index (χ0n) is 11.0. The number of ether oxygens (including phenoxy) is 1. The molecule has 0 amide bonds. The predicted molar refractivity (Wildman–Crippen MR) is 74.0 cm³/mol. The lowest BCUT2D eigenvalue weighted by Gasteiger charge is -2.21. The van der Waals surface area contributed by atoms with Crippen LogP contribution in [0.3, 0.4) is 0 Å². The van der Waals surface area contributed by atoms with Gasteiger partial charge in [-0.2, -0.15) is 0 Å². The summed E-state index contributed by atoms with van der Waals surface area (Å²) >= 11 is -2.19. The van der Waals surface area contributed by atoms with Crippen LogP contribution in [-0.4, -0.2) is 26.9 Å². The summed E-state index contributed by atoms with van der Waals surface area (Å²) in [6.07, 6.45) is 3.48. The van der Waals surface area contributed by atoms with Crippen molar-refractivity contribution in [3.63, 3.8) is 0 Å². The van der Waals surface area contributed by atoms with Crippen molar-refractivity contribution in [1.29, 1.82) is 0 Å². The largest absolute Gasteiger partial charge is 0.381 e. The molecule has 0 aliphatic carbocycles. The van der Waals surface area contributed by atoms with Crippen molar-refractivity contribution < 1.29 is 18.4 Å². The first-order chi connectivity index (χ1) is 9.58. The minimum absolute atomic E-state index is 0.0616. The Labute approximate surface area is 119 Å². The van der Waals surface area contributed by atoms with E-state index in [2.05, 4.69) is 0 Å². The SMILES string of the molecule is O=[N+]([O-])c1cc(S(=O)O)ccc1CCC1CCOCC1. The lowest BCUT2D eigenvalue weighted by molar-refractivity contribution is -0.385. The van der Waals surface area contributed by atoms with Crippen LogP contribution in [0.4, 0.5) is 5.69 Å². The second kappa shape index (κ2) is 6.92. The number of nitrogens with zero attached hydrogens (tertiary/aromatic N) is 1. The predicted octanol–water partition coefficient (Wildman–Crippen LogP) is 2.53. The molecule has 7 heteroatoms. The van der Waals surface area contributed by atoms with Gasteiger partial charge in [0.05, 0.1) is 9.82 Å². The molecule has 1 aromatic rings. The first-order valence-electron chi connectivity index (χ1n) is 6.54. The monoisotopic (exact) mass is 299 g/mol. The van der Waals surface area contributed by atoms with Gasteiger partial charge in [0.15, 0.2) is 11.1 Å². The van der Waals surface area contributed by atoms with E-state index in [4.69, 9.17) is 9.29 Å². The normalized spacial score (nSPS) is 17.9. The van der Waals surface area contributed by atoms with Crippen LogP contribution < -0.4 is 0 Å². The van der Waals surface area contributed by atoms with E-state index in [0.717, 1.165) is 32.5 Å². The number of benzene rings is 1. The van der Waals surface area contributed by atoms with Gasteiger partial charge in [0.25, 0.3) is 5.69 Å². The molecule has 20 heavy (non-hydrogen) atoms. The van der Waals surface area contributed by atoms with Gasteiger partial charge in [-0.05, 0) is 37.7 Å². The summed E-state index contributed by atoms with van der Waals surface area (Å²) in [6.45, 7) is 1.52. The number of nitro groups is 1. The quantitative estimate of drug-likeness (QED) is 0.512. The van der Waals surface area contributed by atoms with Crippen LogP contribution in [0.5, 0.6) is 0 Å². The molecule has 0 aromatic heterocycles. The average Bonchev–Trinajstić information content (AvgIpc) is 2.45. The van der Waals surface area contributed by atoms with E-state index in [1.807, 2.05) is 0 Å². The van der Waals surface area contributed by atoms with Crippen LogP contribution in [-0.2, 0) is 22.2 Å². The summed E-state index contributed by atoms with van der Waals surface area (Å²) in [5.74, 6) is 0.537. The molecule has 1 N–H and O–H groups in total. The summed E-state index contributed by atoms with van der Waals surface area (Å²) in [5.41, 5.74) is 0.549. The van der Waals surface area contributed by atoms with Gasteiger partial charge in [0.1, 0.15) is 0 Å². The second-order valence-electron chi connectivity index (χ2n) is 4.89. The van der Waals surface area contributed by atoms with Crippen molar-refractivity contribution in [2.24, 2.45) is 5.92 Å². The van der Waals surface area contributed by atoms with Crippen molar-refractivity contribution in [2.45, 2.75) is 30.6 Å². The molecule has 1 atom stereocenters. The van der Waals surface area contributed by atoms with Gasteiger partial charge >= 0.3 is 0 Å². The van der Waals surface area contributed by atoms with Gasteiger partial charge < -0.3 is 9.29 Å². The average molecular weight is 299 g/mol. The summed E-state index contributed by atoms with van der Waals surface area (Å²) in [4.78, 5) is 10.6. The van der Waals surface area contributed by atoms with Crippen LogP contribution in [0.2, 0.25) is 0 Å². The fourth-order valence-corrected chi connectivity index (χ4v) is 2.83. The van der Waals surface area contributed by atoms with Crippen LogP contribution in [0, 0.1) is 16.0 Å². The minimum Gasteiger partial charge on any atom is -0.381 e. The van der Waals surface area contributed by atoms with Crippen LogP contribution >= 0.6 is 0 Å². The maximum atomic E-state index is 11.1. The highest BCUT2D eigenvalue weighted by Crippen LogP contribution is 2.26. The highest BCUT2D eigenvalue weighted by Gasteiger charge is 2.19. The van der Waals surface area contributed by atoms with E-state index >= 15 is 0 Å². The lowest BCUT2D eigenvalue weighted by atomic mass is 9.92. The molecule has 0 radical (unpaired) electrons. The Morgan fingerprint density at radius 3 is 2.70 bits per heavy atom. The van der Waals surface area contributed by atoms with E-state index in [1.54, 1.807) is 6.07 Å². The van der Waals surface area contributed by atoms with Crippen molar-refractivity contribution in [3.8, 4) is 0 Å². The molecule has 0 spiro atoms. The zero-order chi connectivity index (χ0) is 14.5. The molecule has 1 aromatic carbocycles. The minimum atomic E-state index is -2.19. The Balaban J connectivity index is 2.09. The summed E-state index contributed by atoms with van der Waals surface area (Å²) < 4.78 is 25.2. The maximum absolute atomic E-state index is 11.1. The van der Waals surface area contributed by atoms with E-state index in [0.29, 0.717) is 17.9 Å². The summed E-state index contributed by atoms with van der Waals surface area (Å²) in [7, 11) is 0. The van der Waals surface area contributed by atoms with E-state index < -0.39 is 16.0 Å². The van der Waals surface area contributed by atoms with Crippen molar-refractivity contribution in [2.75, 3.05) is 13.2 Å². The third kappa shape index (κ3) is 3.84. The highest BCUT2D eigenvalue weighted by molar-refractivity contribution is 7.79. The molecular formula is C13H17NO5S. The number of nitro benzene ring substituents is 1. The van der Waals surface area contributed by atoms with Crippen molar-refractivity contribution in [3.05, 3.63) is 33.9 Å². The first-order valence-corrected chi connectivity index (χ1v) is 7.64. The smallest absolute Gasteiger partial charge is 0.273 e. The molecule has 1 unspecified atom stereocenters. The molecule has 1 saturated heterocycles. The molecule has 1 heterocycles. The molecule has 1 aliphatic heterocycles. The fraction of sp³-hybridized carbons (Fsp3) is 0.538. The molecule has 1 aliphatic rings. The number of hydrogen-bond acceptors (Lipinski definition) is 4. The number of hydrogen-bond donors (Lipinski definition) is 1. The third-order valence-corrected chi connectivity index (χ3v) is 4.28. The standard InChI is InChI=1S/C13H17NO5S/c15-14(16)13-9-12(20(17)18)4-3-11(13)2-1-10-5-7-19-8-6-10/h3-4,9-10H,1-2,5-8H2,(H,17,18). The third-order valence-electron chi connectivity index (χ3n) is 3.62. The van der Waals surface area contributed by atoms with Crippen LogP contribution in [0.15, 0.2) is 23.1 Å². The lowest BCUT2D eigenvalue weighted by Crippen LogP contribution is -2.16. The van der Waals surface area contributed by atoms with E-state index in [-0.39, 0.29) is 10.6 Å². The molecule has 110 valence electrons. The fourth-order valence-electron chi connectivity index (χ4n) is 2.43. The Kier molecular flexibility index (Phi) is 5.22. The Bertz CT molecular complexity index is 513. The molecule has 2 rings (SSSR count). The summed E-state index contributed by atoms with van der Waals surface area (Å²) in [5, 5.41) is 11.1. The Hall–Kier alpha value is -1.31. The molecule has 6 nitrogen and oxygen atoms in total. The van der Waals surface area contributed by atoms with Crippen LogP contribution in [0.1, 0.15) is 24.8 Å².